The summed E-state index contributed by atoms with van der Waals surface area (Å²) in [6.45, 7) is 1.47. The predicted octanol–water partition coefficient (Wildman–Crippen LogP) is 4.03. The van der Waals surface area contributed by atoms with Crippen molar-refractivity contribution < 1.29 is 49.3 Å². The van der Waals surface area contributed by atoms with Gasteiger partial charge in [-0.25, -0.2) is 4.79 Å². The van der Waals surface area contributed by atoms with Crippen molar-refractivity contribution in [2.24, 2.45) is 0 Å². The number of rotatable bonds is 22. The third-order valence-corrected chi connectivity index (χ3v) is 10.8. The number of aromatic nitrogens is 1. The smallest absolute Gasteiger partial charge is 0.407 e. The van der Waals surface area contributed by atoms with Gasteiger partial charge in [-0.05, 0) is 92.7 Å². The van der Waals surface area contributed by atoms with Crippen LogP contribution < -0.4 is 10.1 Å². The predicted molar refractivity (Wildman–Crippen MR) is 203 cm³/mol. The molecule has 54 heavy (non-hydrogen) atoms. The highest BCUT2D eigenvalue weighted by molar-refractivity contribution is 7.99. The minimum absolute atomic E-state index is 0.00343. The minimum atomic E-state index is -2.07. The number of ether oxygens (including phenoxy) is 3. The van der Waals surface area contributed by atoms with Gasteiger partial charge in [-0.2, -0.15) is 0 Å². The van der Waals surface area contributed by atoms with Gasteiger partial charge in [-0.15, -0.1) is 11.8 Å². The molecule has 0 radical (unpaired) electrons. The number of pyridine rings is 1. The van der Waals surface area contributed by atoms with Gasteiger partial charge < -0.3 is 50.0 Å². The van der Waals surface area contributed by atoms with E-state index < -0.39 is 48.6 Å². The van der Waals surface area contributed by atoms with Gasteiger partial charge in [0.2, 0.25) is 0 Å². The molecule has 0 aliphatic heterocycles. The zero-order chi connectivity index (χ0) is 38.7. The van der Waals surface area contributed by atoms with Gasteiger partial charge in [0.15, 0.2) is 6.10 Å². The van der Waals surface area contributed by atoms with E-state index in [0.29, 0.717) is 30.2 Å². The average Bonchev–Trinajstić information content (AvgIpc) is 4.14. The van der Waals surface area contributed by atoms with Gasteiger partial charge in [0.1, 0.15) is 24.1 Å². The molecule has 15 heteroatoms. The molecule has 1 heterocycles. The van der Waals surface area contributed by atoms with Crippen LogP contribution in [0, 0.1) is 0 Å². The molecule has 4 atom stereocenters. The largest absolute Gasteiger partial charge is 0.490 e. The second-order valence-corrected chi connectivity index (χ2v) is 15.1. The first-order valence-electron chi connectivity index (χ1n) is 18.3. The summed E-state index contributed by atoms with van der Waals surface area (Å²) >= 11 is 8.26. The number of carbonyl (C=O) groups excluding carboxylic acids is 2. The third kappa shape index (κ3) is 11.3. The number of benzene rings is 2. The molecule has 2 aliphatic carbocycles. The van der Waals surface area contributed by atoms with E-state index in [1.165, 1.54) is 4.90 Å². The van der Waals surface area contributed by atoms with Crippen molar-refractivity contribution in [1.29, 1.82) is 0 Å². The Morgan fingerprint density at radius 1 is 1.04 bits per heavy atom. The minimum Gasteiger partial charge on any atom is -0.490 e. The lowest BCUT2D eigenvalue weighted by Crippen LogP contribution is -2.53. The van der Waals surface area contributed by atoms with Crippen LogP contribution >= 0.6 is 23.4 Å². The number of thioether (sulfide) groups is 1. The number of unbranched alkanes of at least 4 members (excludes halogenated alkanes) is 1. The van der Waals surface area contributed by atoms with E-state index in [-0.39, 0.29) is 32.3 Å². The van der Waals surface area contributed by atoms with Crippen LogP contribution in [0.15, 0.2) is 65.8 Å². The molecular weight excluding hydrogens is 738 g/mol. The van der Waals surface area contributed by atoms with Crippen LogP contribution in [0.5, 0.6) is 5.75 Å². The fraction of sp³-hybridized carbons (Fsp3) is 0.513. The fourth-order valence-electron chi connectivity index (χ4n) is 5.98. The lowest BCUT2D eigenvalue weighted by atomic mass is 9.96. The first-order valence-corrected chi connectivity index (χ1v) is 19.7. The molecule has 6 N–H and O–H groups in total. The topological polar surface area (TPSA) is 191 Å². The first kappa shape index (κ1) is 41.7. The maximum Gasteiger partial charge on any atom is 0.407 e. The van der Waals surface area contributed by atoms with E-state index in [9.17, 15) is 30.0 Å². The van der Waals surface area contributed by atoms with Crippen molar-refractivity contribution >= 4 is 35.4 Å². The molecular formula is C39H50ClN3O10S. The van der Waals surface area contributed by atoms with E-state index in [1.807, 2.05) is 48.7 Å². The monoisotopic (exact) mass is 787 g/mol. The Bertz CT molecular complexity index is 1690. The normalized spacial score (nSPS) is 16.9. The number of hydrogen-bond acceptors (Lipinski definition) is 12. The summed E-state index contributed by atoms with van der Waals surface area (Å²) in [5.74, 6) is 0.672. The maximum absolute atomic E-state index is 13.1. The summed E-state index contributed by atoms with van der Waals surface area (Å²) in [5.41, 5.74) is 3.50. The number of nitrogens with one attached hydrogen (secondary N) is 1. The molecule has 0 saturated heterocycles. The average molecular weight is 788 g/mol. The molecule has 294 valence electrons. The molecule has 1 aromatic heterocycles. The van der Waals surface area contributed by atoms with E-state index in [0.717, 1.165) is 58.6 Å². The van der Waals surface area contributed by atoms with Crippen molar-refractivity contribution in [3.8, 4) is 16.9 Å². The van der Waals surface area contributed by atoms with E-state index in [4.69, 9.17) is 30.9 Å². The first-order chi connectivity index (χ1) is 26.1. The lowest BCUT2D eigenvalue weighted by Gasteiger charge is -2.30. The van der Waals surface area contributed by atoms with Crippen LogP contribution in [-0.4, -0.2) is 117 Å². The molecule has 2 aromatic carbocycles. The van der Waals surface area contributed by atoms with E-state index >= 15 is 0 Å². The molecule has 2 amide bonds. The number of aliphatic hydroxyl groups is 5. The molecule has 2 aliphatic rings. The summed E-state index contributed by atoms with van der Waals surface area (Å²) in [5, 5.41) is 52.6. The Labute approximate surface area is 324 Å². The van der Waals surface area contributed by atoms with Crippen LogP contribution in [0.25, 0.3) is 11.1 Å². The van der Waals surface area contributed by atoms with Crippen LogP contribution in [0.1, 0.15) is 56.6 Å². The standard InChI is InChI=1S/C39H50ClN3O10S/c1-2-51-38(50)42-17-19-43(37(49)36(48)35(47)34(46)32(45)23-44)18-5-6-20-54-27-11-12-31(40)25(21-27)24-52-39(14-15-39)30-22-41-16-13-28(30)29-7-3-4-8-33(29)53-26-9-10-26/h3-4,7-8,11-13,16,21-22,26,32,34-36,44-48H,2,5-6,9-10,14-15,17-20,23-24H2,1H3,(H,42,50)/t32-,34+,35-,36-/m0/s1. The third-order valence-electron chi connectivity index (χ3n) is 9.37. The number of alkyl carbamates (subject to hydrolysis) is 1. The molecule has 0 bridgehead atoms. The van der Waals surface area contributed by atoms with Crippen molar-refractivity contribution in [3.63, 3.8) is 0 Å². The van der Waals surface area contributed by atoms with Crippen LogP contribution in [0.3, 0.4) is 0 Å². The van der Waals surface area contributed by atoms with Gasteiger partial charge in [0, 0.05) is 53.1 Å². The maximum atomic E-state index is 13.1. The van der Waals surface area contributed by atoms with Crippen LogP contribution in [-0.2, 0) is 26.5 Å². The van der Waals surface area contributed by atoms with Crippen molar-refractivity contribution in [1.82, 2.24) is 15.2 Å². The Balaban J connectivity index is 1.16. The molecule has 3 aromatic rings. The Morgan fingerprint density at radius 3 is 2.54 bits per heavy atom. The van der Waals surface area contributed by atoms with Crippen LogP contribution in [0.2, 0.25) is 5.02 Å². The second-order valence-electron chi connectivity index (χ2n) is 13.5. The van der Waals surface area contributed by atoms with Gasteiger partial charge in [0.25, 0.3) is 5.91 Å². The van der Waals surface area contributed by atoms with Gasteiger partial charge in [-0.1, -0.05) is 29.8 Å². The summed E-state index contributed by atoms with van der Waals surface area (Å²) in [6.07, 6.45) is 0.578. The summed E-state index contributed by atoms with van der Waals surface area (Å²) in [7, 11) is 0. The Hall–Kier alpha value is -3.47. The van der Waals surface area contributed by atoms with Gasteiger partial charge in [0.05, 0.1) is 31.5 Å². The number of para-hydroxylation sites is 1. The molecule has 2 saturated carbocycles. The summed E-state index contributed by atoms with van der Waals surface area (Å²) in [4.78, 5) is 31.6. The lowest BCUT2D eigenvalue weighted by molar-refractivity contribution is -0.158. The van der Waals surface area contributed by atoms with E-state index in [1.54, 1.807) is 24.9 Å². The highest BCUT2D eigenvalue weighted by atomic mass is 35.5. The zero-order valence-corrected chi connectivity index (χ0v) is 31.9. The molecule has 0 spiro atoms. The fourth-order valence-corrected chi connectivity index (χ4v) is 7.13. The Morgan fingerprint density at radius 2 is 1.81 bits per heavy atom. The van der Waals surface area contributed by atoms with Gasteiger partial charge in [-0.3, -0.25) is 9.78 Å². The van der Waals surface area contributed by atoms with Crippen LogP contribution in [0.4, 0.5) is 4.79 Å². The summed E-state index contributed by atoms with van der Waals surface area (Å²) in [6, 6.07) is 15.9. The van der Waals surface area contributed by atoms with Crippen molar-refractivity contribution in [2.45, 2.75) is 93.1 Å². The zero-order valence-electron chi connectivity index (χ0n) is 30.3. The molecule has 0 unspecified atom stereocenters. The number of aliphatic hydroxyl groups excluding tert-OH is 5. The number of carbonyl (C=O) groups is 2. The molecule has 2 fully saturated rings. The van der Waals surface area contributed by atoms with E-state index in [2.05, 4.69) is 16.4 Å². The number of amides is 2. The Kier molecular flexibility index (Phi) is 15.4. The number of halogens is 1. The summed E-state index contributed by atoms with van der Waals surface area (Å²) < 4.78 is 17.7. The molecule has 13 nitrogen and oxygen atoms in total. The number of nitrogens with zero attached hydrogens (tertiary/aromatic N) is 2. The molecule has 5 rings (SSSR count). The quantitative estimate of drug-likeness (QED) is 0.0635. The highest BCUT2D eigenvalue weighted by Gasteiger charge is 2.48. The van der Waals surface area contributed by atoms with Gasteiger partial charge >= 0.3 is 6.09 Å². The SMILES string of the molecule is CCOC(=O)NCCN(CCCCSc1ccc(Cl)c(COC2(c3cnccc3-c3ccccc3OC3CC3)CC2)c1)C(=O)[C@@H](O)[C@@H](O)[C@H](O)[C@@H](O)CO. The van der Waals surface area contributed by atoms with Crippen molar-refractivity contribution in [3.05, 3.63) is 77.1 Å². The number of hydrogen-bond donors (Lipinski definition) is 6. The van der Waals surface area contributed by atoms with Crippen molar-refractivity contribution in [2.75, 3.05) is 38.6 Å². The highest BCUT2D eigenvalue weighted by Crippen LogP contribution is 2.53. The second kappa shape index (κ2) is 19.9.